The summed E-state index contributed by atoms with van der Waals surface area (Å²) in [4.78, 5) is 17.6. The van der Waals surface area contributed by atoms with E-state index in [1.807, 2.05) is 36.7 Å². The highest BCUT2D eigenvalue weighted by Crippen LogP contribution is 2.29. The van der Waals surface area contributed by atoms with Crippen molar-refractivity contribution in [3.63, 3.8) is 0 Å². The van der Waals surface area contributed by atoms with Crippen molar-refractivity contribution < 1.29 is 9.90 Å². The van der Waals surface area contributed by atoms with Crippen LogP contribution in [0.1, 0.15) is 22.0 Å². The van der Waals surface area contributed by atoms with Crippen molar-refractivity contribution in [1.82, 2.24) is 9.80 Å². The zero-order valence-electron chi connectivity index (χ0n) is 13.3. The van der Waals surface area contributed by atoms with Crippen molar-refractivity contribution >= 4 is 17.2 Å². The van der Waals surface area contributed by atoms with E-state index in [2.05, 4.69) is 17.0 Å². The number of thiophene rings is 1. The van der Waals surface area contributed by atoms with Crippen LogP contribution in [-0.4, -0.2) is 47.6 Å². The van der Waals surface area contributed by atoms with Gasteiger partial charge in [-0.05, 0) is 29.0 Å². The zero-order chi connectivity index (χ0) is 16.2. The summed E-state index contributed by atoms with van der Waals surface area (Å²) in [5, 5.41) is 11.8. The fourth-order valence-electron chi connectivity index (χ4n) is 3.13. The number of aliphatic hydroxyl groups excluding tert-OH is 1. The molecule has 1 aromatic heterocycles. The Balaban J connectivity index is 1.66. The van der Waals surface area contributed by atoms with E-state index in [-0.39, 0.29) is 18.6 Å². The van der Waals surface area contributed by atoms with E-state index in [1.54, 1.807) is 16.2 Å². The molecule has 122 valence electrons. The van der Waals surface area contributed by atoms with Gasteiger partial charge in [0.25, 0.3) is 0 Å². The minimum Gasteiger partial charge on any atom is -0.394 e. The number of benzene rings is 1. The first kappa shape index (κ1) is 16.2. The van der Waals surface area contributed by atoms with Gasteiger partial charge in [-0.2, -0.15) is 0 Å². The predicted molar refractivity (Wildman–Crippen MR) is 92.3 cm³/mol. The quantitative estimate of drug-likeness (QED) is 0.915. The van der Waals surface area contributed by atoms with Gasteiger partial charge in [-0.15, -0.1) is 11.3 Å². The van der Waals surface area contributed by atoms with Crippen LogP contribution in [0.4, 0.5) is 0 Å². The van der Waals surface area contributed by atoms with Crippen molar-refractivity contribution in [2.75, 3.05) is 26.7 Å². The average molecular weight is 330 g/mol. The van der Waals surface area contributed by atoms with Crippen molar-refractivity contribution in [3.8, 4) is 0 Å². The minimum atomic E-state index is -0.0842. The lowest BCUT2D eigenvalue weighted by Gasteiger charge is -2.36. The number of likely N-dealkylation sites (N-methyl/N-ethyl adjacent to an activating group) is 1. The lowest BCUT2D eigenvalue weighted by atomic mass is 9.93. The number of carbonyl (C=O) groups excluding carboxylic acids is 1. The molecule has 0 saturated carbocycles. The average Bonchev–Trinajstić information content (AvgIpc) is 3.07. The minimum absolute atomic E-state index is 0.0406. The second-order valence-electron chi connectivity index (χ2n) is 5.95. The smallest absolute Gasteiger partial charge is 0.236 e. The summed E-state index contributed by atoms with van der Waals surface area (Å²) >= 11 is 1.66. The van der Waals surface area contributed by atoms with Crippen LogP contribution in [-0.2, 0) is 17.8 Å². The van der Waals surface area contributed by atoms with Gasteiger partial charge in [-0.1, -0.05) is 30.3 Å². The molecular weight excluding hydrogens is 308 g/mol. The van der Waals surface area contributed by atoms with Gasteiger partial charge in [0.1, 0.15) is 0 Å². The molecule has 1 atom stereocenters. The van der Waals surface area contributed by atoms with Crippen molar-refractivity contribution in [1.29, 1.82) is 0 Å². The predicted octanol–water partition coefficient (Wildman–Crippen LogP) is 2.30. The Morgan fingerprint density at radius 3 is 2.91 bits per heavy atom. The molecule has 0 fully saturated rings. The fourth-order valence-corrected chi connectivity index (χ4v) is 3.88. The Morgan fingerprint density at radius 2 is 2.17 bits per heavy atom. The van der Waals surface area contributed by atoms with Crippen LogP contribution in [0.15, 0.2) is 41.8 Å². The molecule has 1 unspecified atom stereocenters. The Hall–Kier alpha value is -1.69. The van der Waals surface area contributed by atoms with Gasteiger partial charge in [0.05, 0.1) is 25.7 Å². The van der Waals surface area contributed by atoms with E-state index in [0.717, 1.165) is 18.5 Å². The molecule has 1 N–H and O–H groups in total. The molecule has 2 aromatic rings. The third kappa shape index (κ3) is 3.63. The fraction of sp³-hybridized carbons (Fsp3) is 0.389. The molecule has 0 bridgehead atoms. The van der Waals surface area contributed by atoms with E-state index >= 15 is 0 Å². The van der Waals surface area contributed by atoms with E-state index < -0.39 is 0 Å². The van der Waals surface area contributed by atoms with Gasteiger partial charge in [0.2, 0.25) is 5.91 Å². The lowest BCUT2D eigenvalue weighted by Crippen LogP contribution is -2.44. The number of rotatable bonds is 5. The maximum absolute atomic E-state index is 12.5. The Labute approximate surface area is 141 Å². The van der Waals surface area contributed by atoms with E-state index in [0.29, 0.717) is 13.1 Å². The number of nitrogens with zero attached hydrogens (tertiary/aromatic N) is 2. The third-order valence-electron chi connectivity index (χ3n) is 4.43. The number of fused-ring (bicyclic) bond motifs is 1. The summed E-state index contributed by atoms with van der Waals surface area (Å²) < 4.78 is 0. The molecule has 0 saturated heterocycles. The molecule has 1 aliphatic heterocycles. The highest BCUT2D eigenvalue weighted by atomic mass is 32.1. The molecule has 1 amide bonds. The van der Waals surface area contributed by atoms with Gasteiger partial charge in [0, 0.05) is 18.5 Å². The Bertz CT molecular complexity index is 657. The first-order valence-electron chi connectivity index (χ1n) is 7.88. The summed E-state index contributed by atoms with van der Waals surface area (Å²) in [6.45, 7) is 1.84. The highest BCUT2D eigenvalue weighted by molar-refractivity contribution is 7.09. The SMILES string of the molecule is CN(Cc1cccs1)C(=O)CN1CCc2ccccc2C1CO. The summed E-state index contributed by atoms with van der Waals surface area (Å²) in [6.07, 6.45) is 0.925. The summed E-state index contributed by atoms with van der Waals surface area (Å²) in [5.74, 6) is 0.0937. The summed E-state index contributed by atoms with van der Waals surface area (Å²) in [7, 11) is 1.84. The van der Waals surface area contributed by atoms with Gasteiger partial charge < -0.3 is 10.0 Å². The molecule has 3 rings (SSSR count). The maximum atomic E-state index is 12.5. The van der Waals surface area contributed by atoms with Gasteiger partial charge in [-0.25, -0.2) is 0 Å². The van der Waals surface area contributed by atoms with Crippen LogP contribution in [0.5, 0.6) is 0 Å². The monoisotopic (exact) mass is 330 g/mol. The van der Waals surface area contributed by atoms with Crippen molar-refractivity contribution in [2.24, 2.45) is 0 Å². The number of hydrogen-bond donors (Lipinski definition) is 1. The van der Waals surface area contributed by atoms with Gasteiger partial charge >= 0.3 is 0 Å². The van der Waals surface area contributed by atoms with Crippen LogP contribution in [0.3, 0.4) is 0 Å². The molecule has 4 nitrogen and oxygen atoms in total. The maximum Gasteiger partial charge on any atom is 0.236 e. The zero-order valence-corrected chi connectivity index (χ0v) is 14.1. The standard InChI is InChI=1S/C18H22N2O2S/c1-19(11-15-6-4-10-23-15)18(22)12-20-9-8-14-5-2-3-7-16(14)17(20)13-21/h2-7,10,17,21H,8-9,11-13H2,1H3. The van der Waals surface area contributed by atoms with Crippen LogP contribution in [0.2, 0.25) is 0 Å². The summed E-state index contributed by atoms with van der Waals surface area (Å²) in [5.41, 5.74) is 2.43. The molecule has 23 heavy (non-hydrogen) atoms. The molecule has 5 heteroatoms. The first-order chi connectivity index (χ1) is 11.2. The number of aliphatic hydroxyl groups is 1. The second-order valence-corrected chi connectivity index (χ2v) is 6.98. The number of carbonyl (C=O) groups is 1. The van der Waals surface area contributed by atoms with Gasteiger partial charge in [0.15, 0.2) is 0 Å². The van der Waals surface area contributed by atoms with E-state index in [4.69, 9.17) is 0 Å². The van der Waals surface area contributed by atoms with Crippen LogP contribution in [0, 0.1) is 0 Å². The molecule has 0 spiro atoms. The molecule has 2 heterocycles. The summed E-state index contributed by atoms with van der Waals surface area (Å²) in [6, 6.07) is 12.2. The molecule has 1 aromatic carbocycles. The first-order valence-corrected chi connectivity index (χ1v) is 8.76. The topological polar surface area (TPSA) is 43.8 Å². The molecule has 0 aliphatic carbocycles. The largest absolute Gasteiger partial charge is 0.394 e. The van der Waals surface area contributed by atoms with Crippen LogP contribution < -0.4 is 0 Å². The highest BCUT2D eigenvalue weighted by Gasteiger charge is 2.28. The van der Waals surface area contributed by atoms with E-state index in [9.17, 15) is 9.90 Å². The Kier molecular flexibility index (Phi) is 5.10. The van der Waals surface area contributed by atoms with Gasteiger partial charge in [-0.3, -0.25) is 9.69 Å². The number of amides is 1. The molecular formula is C18H22N2O2S. The van der Waals surface area contributed by atoms with Crippen molar-refractivity contribution in [2.45, 2.75) is 19.0 Å². The van der Waals surface area contributed by atoms with Crippen molar-refractivity contribution in [3.05, 3.63) is 57.8 Å². The normalized spacial score (nSPS) is 17.7. The van der Waals surface area contributed by atoms with Crippen LogP contribution >= 0.6 is 11.3 Å². The lowest BCUT2D eigenvalue weighted by molar-refractivity contribution is -0.132. The molecule has 0 radical (unpaired) electrons. The molecule has 1 aliphatic rings. The number of hydrogen-bond acceptors (Lipinski definition) is 4. The van der Waals surface area contributed by atoms with E-state index in [1.165, 1.54) is 10.4 Å². The Morgan fingerprint density at radius 1 is 1.35 bits per heavy atom. The van der Waals surface area contributed by atoms with Crippen LogP contribution in [0.25, 0.3) is 0 Å². The second kappa shape index (κ2) is 7.25. The third-order valence-corrected chi connectivity index (χ3v) is 5.29.